The molecule has 0 aliphatic carbocycles. The summed E-state index contributed by atoms with van der Waals surface area (Å²) >= 11 is 6.24. The predicted octanol–water partition coefficient (Wildman–Crippen LogP) is 3.68. The summed E-state index contributed by atoms with van der Waals surface area (Å²) < 4.78 is 1.91. The number of aromatic nitrogens is 3. The molecule has 2 heterocycles. The lowest BCUT2D eigenvalue weighted by molar-refractivity contribution is 0.813. The van der Waals surface area contributed by atoms with Gasteiger partial charge in [-0.15, -0.1) is 12.4 Å². The molecule has 1 aromatic carbocycles. The maximum absolute atomic E-state index is 6.24. The summed E-state index contributed by atoms with van der Waals surface area (Å²) in [4.78, 5) is 8.96. The van der Waals surface area contributed by atoms with E-state index < -0.39 is 0 Å². The quantitative estimate of drug-likeness (QED) is 0.752. The molecule has 3 N–H and O–H groups in total. The van der Waals surface area contributed by atoms with Gasteiger partial charge in [0, 0.05) is 30.2 Å². The molecule has 0 saturated heterocycles. The largest absolute Gasteiger partial charge is 0.364 e. The Hall–Kier alpha value is -1.82. The van der Waals surface area contributed by atoms with Crippen molar-refractivity contribution in [3.8, 4) is 0 Å². The molecule has 3 rings (SSSR count). The number of para-hydroxylation sites is 1. The van der Waals surface area contributed by atoms with Crippen LogP contribution in [0.1, 0.15) is 24.2 Å². The van der Waals surface area contributed by atoms with E-state index in [1.165, 1.54) is 0 Å². The third-order valence-corrected chi connectivity index (χ3v) is 3.82. The first-order valence-corrected chi connectivity index (χ1v) is 7.48. The molecule has 0 spiro atoms. The summed E-state index contributed by atoms with van der Waals surface area (Å²) in [7, 11) is 1.94. The van der Waals surface area contributed by atoms with Crippen LogP contribution in [-0.2, 0) is 13.6 Å². The summed E-state index contributed by atoms with van der Waals surface area (Å²) in [6, 6.07) is 7.66. The van der Waals surface area contributed by atoms with Crippen LogP contribution < -0.4 is 11.1 Å². The molecule has 0 radical (unpaired) electrons. The van der Waals surface area contributed by atoms with Crippen molar-refractivity contribution in [3.05, 3.63) is 53.1 Å². The number of anilines is 1. The maximum atomic E-state index is 6.24. The minimum Gasteiger partial charge on any atom is -0.364 e. The Kier molecular flexibility index (Phi) is 5.46. The minimum atomic E-state index is -0.123. The number of hydrogen-bond acceptors (Lipinski definition) is 4. The number of imidazole rings is 1. The van der Waals surface area contributed by atoms with E-state index in [0.29, 0.717) is 11.6 Å². The highest BCUT2D eigenvalue weighted by molar-refractivity contribution is 6.35. The smallest absolute Gasteiger partial charge is 0.131 e. The van der Waals surface area contributed by atoms with Gasteiger partial charge in [-0.05, 0) is 19.1 Å². The summed E-state index contributed by atoms with van der Waals surface area (Å²) in [5.74, 6) is 0.751. The molecule has 0 saturated carbocycles. The molecular formula is C16H19Cl2N5. The number of nitrogens with one attached hydrogen (secondary N) is 1. The zero-order chi connectivity index (χ0) is 15.7. The van der Waals surface area contributed by atoms with Gasteiger partial charge in [0.2, 0.25) is 0 Å². The molecule has 23 heavy (non-hydrogen) atoms. The van der Waals surface area contributed by atoms with Crippen molar-refractivity contribution in [2.45, 2.75) is 19.5 Å². The normalized spacial score (nSPS) is 12.0. The molecule has 5 nitrogen and oxygen atoms in total. The second-order valence-corrected chi connectivity index (χ2v) is 5.82. The maximum Gasteiger partial charge on any atom is 0.131 e. The molecule has 0 amide bonds. The third-order valence-electron chi connectivity index (χ3n) is 3.51. The summed E-state index contributed by atoms with van der Waals surface area (Å²) in [5, 5.41) is 4.94. The van der Waals surface area contributed by atoms with Gasteiger partial charge in [0.05, 0.1) is 29.1 Å². The van der Waals surface area contributed by atoms with Crippen LogP contribution in [0.15, 0.2) is 36.8 Å². The number of aryl methyl sites for hydroxylation is 1. The molecular weight excluding hydrogens is 333 g/mol. The van der Waals surface area contributed by atoms with Gasteiger partial charge in [-0.1, -0.05) is 23.7 Å². The van der Waals surface area contributed by atoms with Crippen LogP contribution in [0.25, 0.3) is 10.9 Å². The van der Waals surface area contributed by atoms with E-state index in [-0.39, 0.29) is 18.4 Å². The average molecular weight is 352 g/mol. The molecule has 2 aromatic heterocycles. The minimum absolute atomic E-state index is 0. The lowest BCUT2D eigenvalue weighted by Crippen LogP contribution is -2.12. The van der Waals surface area contributed by atoms with Crippen molar-refractivity contribution in [1.82, 2.24) is 14.5 Å². The Balaban J connectivity index is 0.00000192. The molecule has 1 unspecified atom stereocenters. The van der Waals surface area contributed by atoms with Crippen molar-refractivity contribution in [2.24, 2.45) is 12.8 Å². The van der Waals surface area contributed by atoms with Gasteiger partial charge in [0.15, 0.2) is 0 Å². The average Bonchev–Trinajstić information content (AvgIpc) is 2.90. The zero-order valence-electron chi connectivity index (χ0n) is 13.0. The first-order chi connectivity index (χ1) is 10.5. The first-order valence-electron chi connectivity index (χ1n) is 7.10. The van der Waals surface area contributed by atoms with Gasteiger partial charge in [-0.2, -0.15) is 0 Å². The van der Waals surface area contributed by atoms with Crippen LogP contribution in [0.4, 0.5) is 5.82 Å². The summed E-state index contributed by atoms with van der Waals surface area (Å²) in [5.41, 5.74) is 8.77. The Bertz CT molecular complexity index is 813. The highest BCUT2D eigenvalue weighted by Crippen LogP contribution is 2.28. The Labute approximate surface area is 146 Å². The van der Waals surface area contributed by atoms with E-state index in [0.717, 1.165) is 28.0 Å². The van der Waals surface area contributed by atoms with Crippen LogP contribution in [0.2, 0.25) is 5.02 Å². The number of hydrogen-bond donors (Lipinski definition) is 2. The van der Waals surface area contributed by atoms with Crippen LogP contribution in [0.5, 0.6) is 0 Å². The Morgan fingerprint density at radius 3 is 2.83 bits per heavy atom. The number of fused-ring (bicyclic) bond motifs is 1. The van der Waals surface area contributed by atoms with E-state index >= 15 is 0 Å². The number of nitrogens with zero attached hydrogens (tertiary/aromatic N) is 3. The fraction of sp³-hybridized carbons (Fsp3) is 0.250. The van der Waals surface area contributed by atoms with Crippen LogP contribution in [0.3, 0.4) is 0 Å². The first kappa shape index (κ1) is 17.5. The van der Waals surface area contributed by atoms with Crippen LogP contribution in [-0.4, -0.2) is 14.5 Å². The third kappa shape index (κ3) is 3.75. The molecule has 1 atom stereocenters. The molecule has 0 fully saturated rings. The van der Waals surface area contributed by atoms with Crippen molar-refractivity contribution < 1.29 is 0 Å². The number of pyridine rings is 1. The summed E-state index contributed by atoms with van der Waals surface area (Å²) in [6.45, 7) is 2.53. The van der Waals surface area contributed by atoms with Gasteiger partial charge in [-0.25, -0.2) is 9.97 Å². The fourth-order valence-electron chi connectivity index (χ4n) is 2.40. The van der Waals surface area contributed by atoms with Crippen molar-refractivity contribution in [2.75, 3.05) is 5.32 Å². The monoisotopic (exact) mass is 351 g/mol. The molecule has 0 bridgehead atoms. The van der Waals surface area contributed by atoms with Gasteiger partial charge >= 0.3 is 0 Å². The second kappa shape index (κ2) is 7.17. The van der Waals surface area contributed by atoms with E-state index in [9.17, 15) is 0 Å². The highest BCUT2D eigenvalue weighted by atomic mass is 35.5. The number of benzene rings is 1. The van der Waals surface area contributed by atoms with Crippen molar-refractivity contribution >= 4 is 40.7 Å². The van der Waals surface area contributed by atoms with Crippen LogP contribution in [0, 0.1) is 0 Å². The Morgan fingerprint density at radius 1 is 1.39 bits per heavy atom. The van der Waals surface area contributed by atoms with Crippen molar-refractivity contribution in [1.29, 1.82) is 0 Å². The summed E-state index contributed by atoms with van der Waals surface area (Å²) in [6.07, 6.45) is 3.74. The molecule has 122 valence electrons. The van der Waals surface area contributed by atoms with E-state index in [2.05, 4.69) is 15.3 Å². The number of nitrogens with two attached hydrogens (primary N) is 1. The van der Waals surface area contributed by atoms with Gasteiger partial charge in [0.25, 0.3) is 0 Å². The second-order valence-electron chi connectivity index (χ2n) is 5.41. The van der Waals surface area contributed by atoms with Crippen LogP contribution >= 0.6 is 24.0 Å². The van der Waals surface area contributed by atoms with E-state index in [1.54, 1.807) is 6.33 Å². The standard InChI is InChI=1S/C16H18ClN5.ClH/c1-10(18)13-6-11-4-3-5-14(17)15(11)21-16(13)19-7-12-8-22(2)9-20-12;/h3-6,8-10H,7,18H2,1-2H3,(H,19,21);1H. The lowest BCUT2D eigenvalue weighted by Gasteiger charge is -2.15. The molecule has 0 aliphatic rings. The number of rotatable bonds is 4. The molecule has 3 aromatic rings. The number of halogens is 2. The highest BCUT2D eigenvalue weighted by Gasteiger charge is 2.12. The SMILES string of the molecule is CC(N)c1cc2cccc(Cl)c2nc1NCc1cn(C)cn1.Cl. The predicted molar refractivity (Wildman–Crippen MR) is 97.1 cm³/mol. The molecule has 0 aliphatic heterocycles. The van der Waals surface area contributed by atoms with E-state index in [1.807, 2.05) is 49.0 Å². The van der Waals surface area contributed by atoms with E-state index in [4.69, 9.17) is 17.3 Å². The van der Waals surface area contributed by atoms with Crippen molar-refractivity contribution in [3.63, 3.8) is 0 Å². The van der Waals surface area contributed by atoms with Gasteiger partial charge in [0.1, 0.15) is 5.82 Å². The Morgan fingerprint density at radius 2 is 2.17 bits per heavy atom. The topological polar surface area (TPSA) is 68.8 Å². The zero-order valence-corrected chi connectivity index (χ0v) is 14.5. The van der Waals surface area contributed by atoms with Gasteiger partial charge in [-0.3, -0.25) is 0 Å². The molecule has 7 heteroatoms. The lowest BCUT2D eigenvalue weighted by atomic mass is 10.1. The van der Waals surface area contributed by atoms with Gasteiger partial charge < -0.3 is 15.6 Å². The fourth-order valence-corrected chi connectivity index (χ4v) is 2.62.